The molecule has 2 rings (SSSR count). The van der Waals surface area contributed by atoms with Crippen molar-refractivity contribution in [1.82, 2.24) is 9.96 Å². The van der Waals surface area contributed by atoms with Gasteiger partial charge in [-0.1, -0.05) is 38.1 Å². The Labute approximate surface area is 177 Å². The SMILES string of the molecule is CCC1(CC)C(=O)N(C(C)(C)C)CC(C)(C)N1OC(C)c1ccc(C(C)O)cc1. The van der Waals surface area contributed by atoms with Gasteiger partial charge < -0.3 is 10.0 Å². The van der Waals surface area contributed by atoms with E-state index in [0.717, 1.165) is 11.1 Å². The number of piperazine rings is 1. The zero-order chi connectivity index (χ0) is 22.2. The normalized spacial score (nSPS) is 21.9. The molecule has 0 aliphatic carbocycles. The lowest BCUT2D eigenvalue weighted by Crippen LogP contribution is -2.75. The number of hydrogen-bond acceptors (Lipinski definition) is 4. The third-order valence-electron chi connectivity index (χ3n) is 6.26. The molecule has 1 aliphatic heterocycles. The van der Waals surface area contributed by atoms with E-state index in [1.807, 2.05) is 41.2 Å². The molecule has 5 nitrogen and oxygen atoms in total. The molecule has 5 heteroatoms. The number of benzene rings is 1. The molecule has 1 amide bonds. The monoisotopic (exact) mass is 404 g/mol. The number of carbonyl (C=O) groups excluding carboxylic acids is 1. The molecule has 0 aromatic heterocycles. The summed E-state index contributed by atoms with van der Waals surface area (Å²) in [6.45, 7) is 19.1. The molecule has 0 radical (unpaired) electrons. The molecule has 164 valence electrons. The first-order valence-electron chi connectivity index (χ1n) is 10.9. The van der Waals surface area contributed by atoms with Gasteiger partial charge in [-0.05, 0) is 72.4 Å². The van der Waals surface area contributed by atoms with Gasteiger partial charge >= 0.3 is 0 Å². The number of nitrogens with zero attached hydrogens (tertiary/aromatic N) is 2. The summed E-state index contributed by atoms with van der Waals surface area (Å²) in [6, 6.07) is 7.85. The molecule has 0 bridgehead atoms. The van der Waals surface area contributed by atoms with E-state index in [1.54, 1.807) is 6.92 Å². The van der Waals surface area contributed by atoms with E-state index in [1.165, 1.54) is 0 Å². The molecular formula is C24H40N2O3. The fourth-order valence-electron chi connectivity index (χ4n) is 4.33. The van der Waals surface area contributed by atoms with E-state index in [0.29, 0.717) is 19.4 Å². The van der Waals surface area contributed by atoms with Crippen LogP contribution in [0.25, 0.3) is 0 Å². The van der Waals surface area contributed by atoms with Crippen molar-refractivity contribution in [3.8, 4) is 0 Å². The van der Waals surface area contributed by atoms with Crippen LogP contribution in [0, 0.1) is 0 Å². The molecule has 1 aromatic rings. The molecule has 1 fully saturated rings. The number of aliphatic hydroxyl groups is 1. The van der Waals surface area contributed by atoms with E-state index >= 15 is 0 Å². The van der Waals surface area contributed by atoms with Crippen molar-refractivity contribution in [3.05, 3.63) is 35.4 Å². The minimum absolute atomic E-state index is 0.144. The highest BCUT2D eigenvalue weighted by Crippen LogP contribution is 2.42. The van der Waals surface area contributed by atoms with Gasteiger partial charge in [0.2, 0.25) is 5.91 Å². The van der Waals surface area contributed by atoms with Gasteiger partial charge in [0.1, 0.15) is 11.6 Å². The van der Waals surface area contributed by atoms with E-state index < -0.39 is 11.6 Å². The number of carbonyl (C=O) groups is 1. The number of hydroxylamine groups is 2. The molecule has 2 unspecified atom stereocenters. The van der Waals surface area contributed by atoms with Crippen molar-refractivity contribution in [2.75, 3.05) is 6.54 Å². The van der Waals surface area contributed by atoms with Crippen molar-refractivity contribution in [2.45, 2.75) is 104 Å². The minimum Gasteiger partial charge on any atom is -0.389 e. The second-order valence-corrected chi connectivity index (χ2v) is 10.00. The zero-order valence-corrected chi connectivity index (χ0v) is 19.7. The zero-order valence-electron chi connectivity index (χ0n) is 19.7. The standard InChI is InChI=1S/C24H40N2O3/c1-10-24(11-2)21(28)25(22(5,6)7)16-23(8,9)26(24)29-18(4)20-14-12-19(13-15-20)17(3)27/h12-15,17-18,27H,10-11,16H2,1-9H3. The highest BCUT2D eigenvalue weighted by atomic mass is 16.7. The van der Waals surface area contributed by atoms with Gasteiger partial charge in [0.05, 0.1) is 11.6 Å². The fourth-order valence-corrected chi connectivity index (χ4v) is 4.33. The molecule has 0 spiro atoms. The quantitative estimate of drug-likeness (QED) is 0.724. The fraction of sp³-hybridized carbons (Fsp3) is 0.708. The Balaban J connectivity index is 2.39. The van der Waals surface area contributed by atoms with Gasteiger partial charge in [0.15, 0.2) is 0 Å². The Morgan fingerprint density at radius 2 is 1.55 bits per heavy atom. The maximum absolute atomic E-state index is 13.7. The van der Waals surface area contributed by atoms with Gasteiger partial charge in [0.25, 0.3) is 0 Å². The molecule has 1 aromatic carbocycles. The van der Waals surface area contributed by atoms with Crippen LogP contribution >= 0.6 is 0 Å². The highest BCUT2D eigenvalue weighted by Gasteiger charge is 2.57. The lowest BCUT2D eigenvalue weighted by atomic mass is 9.80. The lowest BCUT2D eigenvalue weighted by molar-refractivity contribution is -0.311. The summed E-state index contributed by atoms with van der Waals surface area (Å²) in [5.41, 5.74) is 0.645. The van der Waals surface area contributed by atoms with Crippen LogP contribution in [0.4, 0.5) is 0 Å². The predicted octanol–water partition coefficient (Wildman–Crippen LogP) is 5.01. The molecule has 1 saturated heterocycles. The molecule has 2 atom stereocenters. The van der Waals surface area contributed by atoms with Gasteiger partial charge in [-0.2, -0.15) is 5.06 Å². The Bertz CT molecular complexity index is 700. The Hall–Kier alpha value is -1.43. The van der Waals surface area contributed by atoms with Crippen molar-refractivity contribution < 1.29 is 14.7 Å². The predicted molar refractivity (Wildman–Crippen MR) is 117 cm³/mol. The number of amides is 1. The summed E-state index contributed by atoms with van der Waals surface area (Å²) in [6.07, 6.45) is 0.678. The van der Waals surface area contributed by atoms with Crippen LogP contribution in [0.2, 0.25) is 0 Å². The summed E-state index contributed by atoms with van der Waals surface area (Å²) in [7, 11) is 0. The summed E-state index contributed by atoms with van der Waals surface area (Å²) < 4.78 is 0. The summed E-state index contributed by atoms with van der Waals surface area (Å²) in [4.78, 5) is 22.2. The van der Waals surface area contributed by atoms with Crippen molar-refractivity contribution in [3.63, 3.8) is 0 Å². The largest absolute Gasteiger partial charge is 0.389 e. The van der Waals surface area contributed by atoms with E-state index in [2.05, 4.69) is 48.5 Å². The van der Waals surface area contributed by atoms with E-state index in [4.69, 9.17) is 4.84 Å². The van der Waals surface area contributed by atoms with Crippen molar-refractivity contribution in [1.29, 1.82) is 0 Å². The summed E-state index contributed by atoms with van der Waals surface area (Å²) >= 11 is 0. The Morgan fingerprint density at radius 3 is 1.97 bits per heavy atom. The van der Waals surface area contributed by atoms with E-state index in [9.17, 15) is 9.90 Å². The van der Waals surface area contributed by atoms with Crippen LogP contribution in [-0.4, -0.2) is 44.1 Å². The van der Waals surface area contributed by atoms with Crippen molar-refractivity contribution in [2.24, 2.45) is 0 Å². The Morgan fingerprint density at radius 1 is 1.07 bits per heavy atom. The van der Waals surface area contributed by atoms with Gasteiger partial charge in [0, 0.05) is 12.1 Å². The number of aliphatic hydroxyl groups excluding tert-OH is 1. The molecule has 1 aliphatic rings. The summed E-state index contributed by atoms with van der Waals surface area (Å²) in [5, 5.41) is 11.7. The van der Waals surface area contributed by atoms with Crippen LogP contribution in [0.1, 0.15) is 98.5 Å². The Kier molecular flexibility index (Phi) is 6.88. The third kappa shape index (κ3) is 4.52. The number of rotatable bonds is 6. The van der Waals surface area contributed by atoms with Crippen LogP contribution < -0.4 is 0 Å². The van der Waals surface area contributed by atoms with Gasteiger partial charge in [-0.15, -0.1) is 0 Å². The maximum Gasteiger partial charge on any atom is 0.245 e. The van der Waals surface area contributed by atoms with Gasteiger partial charge in [-0.3, -0.25) is 9.63 Å². The average molecular weight is 405 g/mol. The first-order chi connectivity index (χ1) is 13.3. The first kappa shape index (κ1) is 23.8. The van der Waals surface area contributed by atoms with Gasteiger partial charge in [-0.25, -0.2) is 0 Å². The lowest BCUT2D eigenvalue weighted by Gasteiger charge is -2.59. The minimum atomic E-state index is -0.692. The molecule has 29 heavy (non-hydrogen) atoms. The molecule has 0 saturated carbocycles. The topological polar surface area (TPSA) is 53.0 Å². The van der Waals surface area contributed by atoms with Crippen LogP contribution in [0.5, 0.6) is 0 Å². The van der Waals surface area contributed by atoms with Crippen LogP contribution in [0.15, 0.2) is 24.3 Å². The maximum atomic E-state index is 13.7. The van der Waals surface area contributed by atoms with Crippen LogP contribution in [-0.2, 0) is 9.63 Å². The second kappa shape index (κ2) is 8.37. The third-order valence-corrected chi connectivity index (χ3v) is 6.26. The molecular weight excluding hydrogens is 364 g/mol. The smallest absolute Gasteiger partial charge is 0.245 e. The summed E-state index contributed by atoms with van der Waals surface area (Å²) in [5.74, 6) is 0.144. The van der Waals surface area contributed by atoms with Crippen molar-refractivity contribution >= 4 is 5.91 Å². The average Bonchev–Trinajstić information content (AvgIpc) is 2.64. The first-order valence-corrected chi connectivity index (χ1v) is 10.9. The van der Waals surface area contributed by atoms with Crippen LogP contribution in [0.3, 0.4) is 0 Å². The van der Waals surface area contributed by atoms with E-state index in [-0.39, 0.29) is 23.1 Å². The molecule has 1 heterocycles. The highest BCUT2D eigenvalue weighted by molar-refractivity contribution is 5.88. The number of hydrogen-bond donors (Lipinski definition) is 1. The molecule has 1 N–H and O–H groups in total. The second-order valence-electron chi connectivity index (χ2n) is 10.00.